The Balaban J connectivity index is 1.91. The summed E-state index contributed by atoms with van der Waals surface area (Å²) < 4.78 is 38.2. The molecule has 0 spiro atoms. The van der Waals surface area contributed by atoms with Crippen LogP contribution in [0.4, 0.5) is 8.78 Å². The normalized spacial score (nSPS) is 25.0. The molecule has 0 saturated carbocycles. The minimum atomic E-state index is -3.44. The van der Waals surface area contributed by atoms with Crippen LogP contribution < -0.4 is 10.1 Å². The number of amides is 1. The summed E-state index contributed by atoms with van der Waals surface area (Å²) in [6.45, 7) is 1.20. The summed E-state index contributed by atoms with van der Waals surface area (Å²) in [5.74, 6) is -4.87. The van der Waals surface area contributed by atoms with Crippen LogP contribution in [0.2, 0.25) is 0 Å². The lowest BCUT2D eigenvalue weighted by Crippen LogP contribution is -2.65. The standard InChI is InChI=1S/C24H27F2NO7/c1-13(29)27-20-22(32)21(31)18(12-28)34-23(20)33-17-9-4-3-8-16(17)15-7-5-6-14(10-15)11-19(30)24(2,25)26/h3-10,18,20-23,28,31-32H,11-12H2,1-2H3,(H,27,29)/t18?,20?,21-,22+,23+/m0/s1. The van der Waals surface area contributed by atoms with E-state index >= 15 is 0 Å². The fraction of sp³-hybridized carbons (Fsp3) is 0.417. The van der Waals surface area contributed by atoms with Gasteiger partial charge in [-0.15, -0.1) is 0 Å². The Labute approximate surface area is 195 Å². The highest BCUT2D eigenvalue weighted by Gasteiger charge is 2.46. The van der Waals surface area contributed by atoms with Gasteiger partial charge in [0.15, 0.2) is 0 Å². The van der Waals surface area contributed by atoms with E-state index in [1.165, 1.54) is 6.92 Å². The lowest BCUT2D eigenvalue weighted by atomic mass is 9.96. The lowest BCUT2D eigenvalue weighted by Gasteiger charge is -2.42. The van der Waals surface area contributed by atoms with Crippen molar-refractivity contribution in [3.63, 3.8) is 0 Å². The maximum atomic E-state index is 13.3. The number of ketones is 1. The second-order valence-electron chi connectivity index (χ2n) is 8.24. The number of rotatable bonds is 8. The van der Waals surface area contributed by atoms with Crippen LogP contribution in [-0.2, 0) is 20.7 Å². The van der Waals surface area contributed by atoms with Crippen LogP contribution in [0.3, 0.4) is 0 Å². The van der Waals surface area contributed by atoms with Crippen LogP contribution in [0.25, 0.3) is 11.1 Å². The van der Waals surface area contributed by atoms with Gasteiger partial charge < -0.3 is 30.1 Å². The van der Waals surface area contributed by atoms with Crippen molar-refractivity contribution >= 4 is 11.7 Å². The Kier molecular flexibility index (Phi) is 7.98. The number of benzene rings is 2. The SMILES string of the molecule is CC(=O)NC1[C@H](Oc2ccccc2-c2cccc(CC(=O)C(C)(F)F)c2)OC(CO)[C@H](O)[C@@H]1O. The molecule has 2 unspecified atom stereocenters. The van der Waals surface area contributed by atoms with Gasteiger partial charge in [-0.1, -0.05) is 42.5 Å². The monoisotopic (exact) mass is 479 g/mol. The fourth-order valence-electron chi connectivity index (χ4n) is 3.69. The van der Waals surface area contributed by atoms with Gasteiger partial charge in [0.05, 0.1) is 6.61 Å². The van der Waals surface area contributed by atoms with Crippen molar-refractivity contribution in [2.24, 2.45) is 0 Å². The van der Waals surface area contributed by atoms with Crippen molar-refractivity contribution in [2.75, 3.05) is 6.61 Å². The number of halogens is 2. The summed E-state index contributed by atoms with van der Waals surface area (Å²) in [6.07, 6.45) is -5.79. The average Bonchev–Trinajstić information content (AvgIpc) is 2.78. The Morgan fingerprint density at radius 1 is 1.12 bits per heavy atom. The summed E-state index contributed by atoms with van der Waals surface area (Å²) in [5, 5.41) is 32.6. The first-order valence-corrected chi connectivity index (χ1v) is 10.7. The Morgan fingerprint density at radius 2 is 1.82 bits per heavy atom. The van der Waals surface area contributed by atoms with E-state index in [2.05, 4.69) is 5.32 Å². The van der Waals surface area contributed by atoms with Crippen molar-refractivity contribution in [1.29, 1.82) is 0 Å². The van der Waals surface area contributed by atoms with Gasteiger partial charge in [-0.05, 0) is 17.2 Å². The van der Waals surface area contributed by atoms with Gasteiger partial charge in [0, 0.05) is 25.8 Å². The summed E-state index contributed by atoms with van der Waals surface area (Å²) >= 11 is 0. The molecule has 2 aromatic rings. The van der Waals surface area contributed by atoms with E-state index in [0.29, 0.717) is 23.6 Å². The second-order valence-corrected chi connectivity index (χ2v) is 8.24. The molecule has 3 rings (SSSR count). The van der Waals surface area contributed by atoms with Crippen molar-refractivity contribution < 1.29 is 43.2 Å². The fourth-order valence-corrected chi connectivity index (χ4v) is 3.69. The second kappa shape index (κ2) is 10.6. The van der Waals surface area contributed by atoms with E-state index in [1.807, 2.05) is 0 Å². The van der Waals surface area contributed by atoms with Crippen molar-refractivity contribution in [1.82, 2.24) is 5.32 Å². The summed E-state index contributed by atoms with van der Waals surface area (Å²) in [6, 6.07) is 12.1. The molecule has 2 aromatic carbocycles. The minimum absolute atomic E-state index is 0.271. The molecule has 1 fully saturated rings. The smallest absolute Gasteiger partial charge is 0.302 e. The topological polar surface area (TPSA) is 125 Å². The van der Waals surface area contributed by atoms with Gasteiger partial charge in [0.25, 0.3) is 0 Å². The molecule has 184 valence electrons. The first-order chi connectivity index (χ1) is 16.0. The molecule has 5 atom stereocenters. The molecule has 1 amide bonds. The molecular formula is C24H27F2NO7. The first-order valence-electron chi connectivity index (χ1n) is 10.7. The summed E-state index contributed by atoms with van der Waals surface area (Å²) in [5.41, 5.74) is 1.50. The molecule has 1 aliphatic rings. The molecule has 0 aromatic heterocycles. The van der Waals surface area contributed by atoms with Crippen LogP contribution in [0, 0.1) is 0 Å². The van der Waals surface area contributed by atoms with E-state index < -0.39 is 61.3 Å². The minimum Gasteiger partial charge on any atom is -0.462 e. The van der Waals surface area contributed by atoms with Crippen LogP contribution in [-0.4, -0.2) is 70.2 Å². The highest BCUT2D eigenvalue weighted by molar-refractivity contribution is 5.87. The Bertz CT molecular complexity index is 1030. The number of aliphatic hydroxyl groups is 3. The number of hydrogen-bond acceptors (Lipinski definition) is 7. The van der Waals surface area contributed by atoms with Gasteiger partial charge in [0.1, 0.15) is 30.1 Å². The molecule has 8 nitrogen and oxygen atoms in total. The highest BCUT2D eigenvalue weighted by Crippen LogP contribution is 2.33. The molecule has 0 aliphatic carbocycles. The van der Waals surface area contributed by atoms with E-state index in [0.717, 1.165) is 0 Å². The van der Waals surface area contributed by atoms with E-state index in [1.54, 1.807) is 48.5 Å². The van der Waals surface area contributed by atoms with Gasteiger partial charge >= 0.3 is 5.92 Å². The number of hydrogen-bond donors (Lipinski definition) is 4. The lowest BCUT2D eigenvalue weighted by molar-refractivity contribution is -0.244. The molecule has 1 heterocycles. The predicted molar refractivity (Wildman–Crippen MR) is 117 cm³/mol. The average molecular weight is 479 g/mol. The van der Waals surface area contributed by atoms with Crippen molar-refractivity contribution in [3.8, 4) is 16.9 Å². The highest BCUT2D eigenvalue weighted by atomic mass is 19.3. The number of alkyl halides is 2. The van der Waals surface area contributed by atoms with Crippen LogP contribution in [0.5, 0.6) is 5.75 Å². The number of nitrogens with one attached hydrogen (secondary N) is 1. The number of aliphatic hydroxyl groups excluding tert-OH is 3. The van der Waals surface area contributed by atoms with Crippen LogP contribution in [0.15, 0.2) is 48.5 Å². The van der Waals surface area contributed by atoms with Crippen molar-refractivity contribution in [3.05, 3.63) is 54.1 Å². The Morgan fingerprint density at radius 3 is 2.47 bits per heavy atom. The zero-order valence-corrected chi connectivity index (χ0v) is 18.7. The third-order valence-electron chi connectivity index (χ3n) is 5.47. The van der Waals surface area contributed by atoms with Gasteiger partial charge in [0.2, 0.25) is 18.0 Å². The van der Waals surface area contributed by atoms with Gasteiger partial charge in [-0.2, -0.15) is 8.78 Å². The number of ether oxygens (including phenoxy) is 2. The molecule has 1 saturated heterocycles. The van der Waals surface area contributed by atoms with E-state index in [-0.39, 0.29) is 5.75 Å². The zero-order valence-electron chi connectivity index (χ0n) is 18.7. The van der Waals surface area contributed by atoms with Crippen LogP contribution >= 0.6 is 0 Å². The van der Waals surface area contributed by atoms with Crippen molar-refractivity contribution in [2.45, 2.75) is 56.8 Å². The molecule has 1 aliphatic heterocycles. The zero-order chi connectivity index (χ0) is 25.0. The largest absolute Gasteiger partial charge is 0.462 e. The first kappa shape index (κ1) is 25.7. The van der Waals surface area contributed by atoms with Crippen LogP contribution in [0.1, 0.15) is 19.4 Å². The third kappa shape index (κ3) is 5.95. The number of carbonyl (C=O) groups excluding carboxylic acids is 2. The molecule has 4 N–H and O–H groups in total. The molecule has 10 heteroatoms. The molecular weight excluding hydrogens is 452 g/mol. The third-order valence-corrected chi connectivity index (χ3v) is 5.47. The maximum absolute atomic E-state index is 13.3. The maximum Gasteiger partial charge on any atom is 0.302 e. The van der Waals surface area contributed by atoms with E-state index in [4.69, 9.17) is 9.47 Å². The molecule has 0 radical (unpaired) electrons. The molecule has 0 bridgehead atoms. The van der Waals surface area contributed by atoms with Gasteiger partial charge in [-0.25, -0.2) is 0 Å². The number of para-hydroxylation sites is 1. The number of carbonyl (C=O) groups is 2. The Hall–Kier alpha value is -2.92. The number of Topliss-reactive ketones (excluding diaryl/α,β-unsaturated/α-hetero) is 1. The quantitative estimate of drug-likeness (QED) is 0.452. The summed E-state index contributed by atoms with van der Waals surface area (Å²) in [4.78, 5) is 23.4. The van der Waals surface area contributed by atoms with E-state index in [9.17, 15) is 33.7 Å². The molecule has 34 heavy (non-hydrogen) atoms. The summed E-state index contributed by atoms with van der Waals surface area (Å²) in [7, 11) is 0. The van der Waals surface area contributed by atoms with Gasteiger partial charge in [-0.3, -0.25) is 9.59 Å². The predicted octanol–water partition coefficient (Wildman–Crippen LogP) is 1.44.